The van der Waals surface area contributed by atoms with Crippen molar-refractivity contribution in [2.45, 2.75) is 61.4 Å². The first-order valence-corrected chi connectivity index (χ1v) is 14.3. The van der Waals surface area contributed by atoms with Gasteiger partial charge in [0.15, 0.2) is 0 Å². The zero-order valence-corrected chi connectivity index (χ0v) is 22.1. The smallest absolute Gasteiger partial charge is 0.329 e. The Morgan fingerprint density at radius 1 is 1.05 bits per heavy atom. The van der Waals surface area contributed by atoms with Gasteiger partial charge < -0.3 is 20.6 Å². The molecule has 198 valence electrons. The minimum absolute atomic E-state index is 0.0430. The summed E-state index contributed by atoms with van der Waals surface area (Å²) >= 11 is 0. The number of anilines is 3. The fourth-order valence-electron chi connectivity index (χ4n) is 5.73. The summed E-state index contributed by atoms with van der Waals surface area (Å²) in [7, 11) is -0.649. The third-order valence-electron chi connectivity index (χ3n) is 8.17. The zero-order valence-electron chi connectivity index (χ0n) is 21.2. The first-order chi connectivity index (χ1) is 17.7. The minimum atomic E-state index is -3.95. The van der Waals surface area contributed by atoms with Gasteiger partial charge in [0.05, 0.1) is 11.3 Å². The van der Waals surface area contributed by atoms with E-state index >= 15 is 0 Å². The molecule has 9 nitrogen and oxygen atoms in total. The molecule has 3 N–H and O–H groups in total. The minimum Gasteiger partial charge on any atom is -0.480 e. The summed E-state index contributed by atoms with van der Waals surface area (Å²) in [6.45, 7) is 0.494. The molecule has 0 saturated heterocycles. The number of sulfonamides is 1. The van der Waals surface area contributed by atoms with Crippen LogP contribution in [0.5, 0.6) is 0 Å². The van der Waals surface area contributed by atoms with Crippen LogP contribution in [-0.2, 0) is 14.8 Å². The predicted molar refractivity (Wildman–Crippen MR) is 142 cm³/mol. The Morgan fingerprint density at radius 2 is 1.73 bits per heavy atom. The van der Waals surface area contributed by atoms with E-state index in [4.69, 9.17) is 0 Å². The summed E-state index contributed by atoms with van der Waals surface area (Å²) in [6.07, 6.45) is 6.01. The van der Waals surface area contributed by atoms with Gasteiger partial charge in [-0.15, -0.1) is 0 Å². The van der Waals surface area contributed by atoms with E-state index in [1.165, 1.54) is 16.8 Å². The molecule has 2 fully saturated rings. The van der Waals surface area contributed by atoms with Gasteiger partial charge in [-0.1, -0.05) is 37.5 Å². The number of carboxylic acids is 1. The number of carboxylic acid groups (broad SMARTS) is 1. The maximum Gasteiger partial charge on any atom is 0.329 e. The fraction of sp³-hybridized carbons (Fsp3) is 0.481. The molecule has 1 atom stereocenters. The van der Waals surface area contributed by atoms with Crippen LogP contribution in [0.1, 0.15) is 55.3 Å². The van der Waals surface area contributed by atoms with Crippen molar-refractivity contribution in [2.24, 2.45) is 5.92 Å². The molecule has 0 radical (unpaired) electrons. The highest BCUT2D eigenvalue weighted by Crippen LogP contribution is 2.43. The van der Waals surface area contributed by atoms with Crippen molar-refractivity contribution in [3.63, 3.8) is 0 Å². The molecule has 1 amide bonds. The van der Waals surface area contributed by atoms with Crippen molar-refractivity contribution < 1.29 is 23.1 Å². The van der Waals surface area contributed by atoms with E-state index in [0.29, 0.717) is 30.8 Å². The molecule has 37 heavy (non-hydrogen) atoms. The van der Waals surface area contributed by atoms with Crippen molar-refractivity contribution in [1.82, 2.24) is 9.62 Å². The number of para-hydroxylation sites is 1. The van der Waals surface area contributed by atoms with Gasteiger partial charge >= 0.3 is 5.97 Å². The van der Waals surface area contributed by atoms with Gasteiger partial charge in [0.2, 0.25) is 10.0 Å². The standard InChI is InChI=1S/C27H34N4O5S/c1-28-21-16-22-24(15-20(21)25(32)29-27(13-14-27)26(33)34)37(35,36)30(2)23(18-9-5-3-6-10-18)17-31(22)19-11-7-4-8-12-19/h4,7-8,11-12,15-16,18,23,28H,3,5-6,9-10,13-14,17H2,1-2H3,(H,29,32)(H,33,34). The zero-order chi connectivity index (χ0) is 26.4. The lowest BCUT2D eigenvalue weighted by Gasteiger charge is -2.36. The molecule has 0 bridgehead atoms. The Morgan fingerprint density at radius 3 is 2.32 bits per heavy atom. The second kappa shape index (κ2) is 9.64. The number of hydrogen-bond donors (Lipinski definition) is 3. The van der Waals surface area contributed by atoms with Crippen LogP contribution < -0.4 is 15.5 Å². The van der Waals surface area contributed by atoms with Crippen LogP contribution in [0.4, 0.5) is 17.1 Å². The number of likely N-dealkylation sites (N-methyl/N-ethyl adjacent to an activating group) is 1. The van der Waals surface area contributed by atoms with E-state index in [1.807, 2.05) is 35.2 Å². The number of nitrogens with one attached hydrogen (secondary N) is 2. The number of amides is 1. The van der Waals surface area contributed by atoms with Crippen molar-refractivity contribution in [1.29, 1.82) is 0 Å². The fourth-order valence-corrected chi connectivity index (χ4v) is 7.34. The molecule has 2 aliphatic carbocycles. The van der Waals surface area contributed by atoms with Gasteiger partial charge in [0.1, 0.15) is 10.4 Å². The Labute approximate surface area is 217 Å². The van der Waals surface area contributed by atoms with Crippen LogP contribution in [0.25, 0.3) is 0 Å². The summed E-state index contributed by atoms with van der Waals surface area (Å²) in [4.78, 5) is 27.0. The van der Waals surface area contributed by atoms with Gasteiger partial charge in [0.25, 0.3) is 5.91 Å². The third kappa shape index (κ3) is 4.57. The lowest BCUT2D eigenvalue weighted by molar-refractivity contribution is -0.140. The molecule has 1 aliphatic heterocycles. The Balaban J connectivity index is 1.65. The molecular formula is C27H34N4O5S. The van der Waals surface area contributed by atoms with Crippen LogP contribution in [0.15, 0.2) is 47.4 Å². The van der Waals surface area contributed by atoms with Crippen LogP contribution in [0.3, 0.4) is 0 Å². The first-order valence-electron chi connectivity index (χ1n) is 12.9. The average molecular weight is 527 g/mol. The van der Waals surface area contributed by atoms with Crippen LogP contribution in [0.2, 0.25) is 0 Å². The molecule has 2 aromatic rings. The number of fused-ring (bicyclic) bond motifs is 1. The van der Waals surface area contributed by atoms with E-state index in [-0.39, 0.29) is 22.4 Å². The Kier molecular flexibility index (Phi) is 6.66. The normalized spacial score (nSPS) is 23.0. The number of nitrogens with zero attached hydrogens (tertiary/aromatic N) is 2. The highest BCUT2D eigenvalue weighted by Gasteiger charge is 2.52. The molecule has 3 aliphatic rings. The number of rotatable bonds is 6. The van der Waals surface area contributed by atoms with Crippen LogP contribution in [-0.4, -0.2) is 61.9 Å². The van der Waals surface area contributed by atoms with Gasteiger partial charge in [-0.3, -0.25) is 4.79 Å². The first kappa shape index (κ1) is 25.5. The van der Waals surface area contributed by atoms with Crippen molar-refractivity contribution in [2.75, 3.05) is 30.9 Å². The van der Waals surface area contributed by atoms with Gasteiger partial charge in [-0.05, 0) is 55.9 Å². The van der Waals surface area contributed by atoms with Crippen molar-refractivity contribution >= 4 is 39.0 Å². The predicted octanol–water partition coefficient (Wildman–Crippen LogP) is 3.80. The Hall–Kier alpha value is -3.11. The number of aliphatic carboxylic acids is 1. The number of carbonyl (C=O) groups excluding carboxylic acids is 1. The molecule has 1 heterocycles. The topological polar surface area (TPSA) is 119 Å². The van der Waals surface area contributed by atoms with E-state index in [9.17, 15) is 23.1 Å². The van der Waals surface area contributed by atoms with Crippen LogP contribution in [0, 0.1) is 5.92 Å². The summed E-state index contributed by atoms with van der Waals surface area (Å²) in [5.74, 6) is -1.45. The molecule has 10 heteroatoms. The van der Waals surface area contributed by atoms with Crippen LogP contribution >= 0.6 is 0 Å². The summed E-state index contributed by atoms with van der Waals surface area (Å²) in [6, 6.07) is 12.6. The molecule has 0 spiro atoms. The van der Waals surface area contributed by atoms with E-state index in [1.54, 1.807) is 20.2 Å². The van der Waals surface area contributed by atoms with Crippen molar-refractivity contribution in [3.8, 4) is 0 Å². The lowest BCUT2D eigenvalue weighted by Crippen LogP contribution is -2.46. The quantitative estimate of drug-likeness (QED) is 0.524. The number of benzene rings is 2. The SMILES string of the molecule is CNc1cc2c(cc1C(=O)NC1(C(=O)O)CC1)S(=O)(=O)N(C)C(C1CCCCC1)CN2c1ccccc1. The monoisotopic (exact) mass is 526 g/mol. The molecule has 1 unspecified atom stereocenters. The summed E-state index contributed by atoms with van der Waals surface area (Å²) in [5, 5.41) is 15.2. The second-order valence-corrected chi connectivity index (χ2v) is 12.4. The lowest BCUT2D eigenvalue weighted by atomic mass is 9.83. The Bertz CT molecular complexity index is 1300. The highest BCUT2D eigenvalue weighted by atomic mass is 32.2. The molecule has 5 rings (SSSR count). The average Bonchev–Trinajstić information content (AvgIpc) is 3.70. The van der Waals surface area contributed by atoms with Gasteiger partial charge in [-0.2, -0.15) is 4.31 Å². The van der Waals surface area contributed by atoms with E-state index in [0.717, 1.165) is 31.4 Å². The number of hydrogen-bond acceptors (Lipinski definition) is 6. The molecule has 0 aromatic heterocycles. The van der Waals surface area contributed by atoms with Crippen molar-refractivity contribution in [3.05, 3.63) is 48.0 Å². The highest BCUT2D eigenvalue weighted by molar-refractivity contribution is 7.89. The third-order valence-corrected chi connectivity index (χ3v) is 10.1. The second-order valence-electron chi connectivity index (χ2n) is 10.4. The molecule has 2 saturated carbocycles. The maximum absolute atomic E-state index is 14.1. The largest absolute Gasteiger partial charge is 0.480 e. The van der Waals surface area contributed by atoms with Gasteiger partial charge in [-0.25, -0.2) is 13.2 Å². The number of carbonyl (C=O) groups is 2. The molecular weight excluding hydrogens is 492 g/mol. The van der Waals surface area contributed by atoms with E-state index < -0.39 is 27.4 Å². The summed E-state index contributed by atoms with van der Waals surface area (Å²) in [5.41, 5.74) is 0.628. The molecule has 2 aromatic carbocycles. The maximum atomic E-state index is 14.1. The van der Waals surface area contributed by atoms with E-state index in [2.05, 4.69) is 10.6 Å². The summed E-state index contributed by atoms with van der Waals surface area (Å²) < 4.78 is 29.7. The van der Waals surface area contributed by atoms with Gasteiger partial charge in [0, 0.05) is 38.1 Å².